The summed E-state index contributed by atoms with van der Waals surface area (Å²) in [7, 11) is 1.67. The van der Waals surface area contributed by atoms with E-state index in [9.17, 15) is 0 Å². The van der Waals surface area contributed by atoms with Gasteiger partial charge in [-0.05, 0) is 42.0 Å². The highest BCUT2D eigenvalue weighted by Gasteiger charge is 2.08. The molecule has 2 aromatic rings. The predicted octanol–water partition coefficient (Wildman–Crippen LogP) is 3.66. The SMILES string of the molecule is CCC(N)Cc1ccc(OCCc2cccs2)c(OC)c1. The van der Waals surface area contributed by atoms with Crippen LogP contribution in [0.4, 0.5) is 0 Å². The maximum atomic E-state index is 6.00. The van der Waals surface area contributed by atoms with Crippen molar-refractivity contribution in [2.75, 3.05) is 13.7 Å². The molecular formula is C17H23NO2S. The first-order valence-corrected chi connectivity index (χ1v) is 8.18. The van der Waals surface area contributed by atoms with Gasteiger partial charge in [-0.15, -0.1) is 11.3 Å². The van der Waals surface area contributed by atoms with Crippen LogP contribution in [0.1, 0.15) is 23.8 Å². The zero-order valence-electron chi connectivity index (χ0n) is 12.7. The van der Waals surface area contributed by atoms with E-state index in [1.54, 1.807) is 18.4 Å². The Morgan fingerprint density at radius 2 is 2.10 bits per heavy atom. The number of benzene rings is 1. The molecule has 0 aliphatic rings. The summed E-state index contributed by atoms with van der Waals surface area (Å²) in [6, 6.07) is 10.5. The summed E-state index contributed by atoms with van der Waals surface area (Å²) in [6.45, 7) is 2.76. The van der Waals surface area contributed by atoms with Crippen molar-refractivity contribution >= 4 is 11.3 Å². The summed E-state index contributed by atoms with van der Waals surface area (Å²) >= 11 is 1.75. The highest BCUT2D eigenvalue weighted by Crippen LogP contribution is 2.28. The molecule has 1 heterocycles. The minimum absolute atomic E-state index is 0.195. The fraction of sp³-hybridized carbons (Fsp3) is 0.412. The molecule has 1 aromatic carbocycles. The molecule has 0 amide bonds. The predicted molar refractivity (Wildman–Crippen MR) is 88.5 cm³/mol. The summed E-state index contributed by atoms with van der Waals surface area (Å²) in [4.78, 5) is 1.33. The molecule has 0 fully saturated rings. The summed E-state index contributed by atoms with van der Waals surface area (Å²) < 4.78 is 11.3. The molecule has 114 valence electrons. The minimum Gasteiger partial charge on any atom is -0.493 e. The standard InChI is InChI=1S/C17H23NO2S/c1-3-14(18)11-13-6-7-16(17(12-13)19-2)20-9-8-15-5-4-10-21-15/h4-7,10,12,14H,3,8-9,11,18H2,1-2H3. The molecule has 2 N–H and O–H groups in total. The molecular weight excluding hydrogens is 282 g/mol. The Kier molecular flexibility index (Phi) is 6.08. The number of ether oxygens (including phenoxy) is 2. The third-order valence-electron chi connectivity index (χ3n) is 3.44. The summed E-state index contributed by atoms with van der Waals surface area (Å²) in [6.07, 6.45) is 2.76. The summed E-state index contributed by atoms with van der Waals surface area (Å²) in [5, 5.41) is 2.08. The summed E-state index contributed by atoms with van der Waals surface area (Å²) in [5.41, 5.74) is 7.18. The van der Waals surface area contributed by atoms with Gasteiger partial charge in [0.15, 0.2) is 11.5 Å². The van der Waals surface area contributed by atoms with Crippen molar-refractivity contribution in [3.63, 3.8) is 0 Å². The highest BCUT2D eigenvalue weighted by atomic mass is 32.1. The molecule has 0 saturated heterocycles. The van der Waals surface area contributed by atoms with E-state index < -0.39 is 0 Å². The molecule has 2 rings (SSSR count). The average Bonchev–Trinajstić information content (AvgIpc) is 3.01. The van der Waals surface area contributed by atoms with E-state index in [-0.39, 0.29) is 6.04 Å². The number of rotatable bonds is 8. The van der Waals surface area contributed by atoms with Crippen LogP contribution in [0.5, 0.6) is 11.5 Å². The fourth-order valence-corrected chi connectivity index (χ4v) is 2.81. The Bertz CT molecular complexity index is 540. The topological polar surface area (TPSA) is 44.5 Å². The van der Waals surface area contributed by atoms with Crippen molar-refractivity contribution in [2.45, 2.75) is 32.2 Å². The van der Waals surface area contributed by atoms with Crippen molar-refractivity contribution in [1.29, 1.82) is 0 Å². The molecule has 1 aromatic heterocycles. The van der Waals surface area contributed by atoms with Gasteiger partial charge >= 0.3 is 0 Å². The van der Waals surface area contributed by atoms with Crippen molar-refractivity contribution < 1.29 is 9.47 Å². The average molecular weight is 305 g/mol. The van der Waals surface area contributed by atoms with Crippen LogP contribution in [0.25, 0.3) is 0 Å². The third kappa shape index (κ3) is 4.76. The van der Waals surface area contributed by atoms with Crippen molar-refractivity contribution in [3.8, 4) is 11.5 Å². The van der Waals surface area contributed by atoms with Gasteiger partial charge in [0.2, 0.25) is 0 Å². The Balaban J connectivity index is 1.95. The lowest BCUT2D eigenvalue weighted by Gasteiger charge is -2.13. The second-order valence-electron chi connectivity index (χ2n) is 5.04. The van der Waals surface area contributed by atoms with Gasteiger partial charge in [-0.3, -0.25) is 0 Å². The largest absolute Gasteiger partial charge is 0.493 e. The number of nitrogens with two attached hydrogens (primary N) is 1. The molecule has 0 saturated carbocycles. The Hall–Kier alpha value is -1.52. The normalized spacial score (nSPS) is 12.1. The lowest BCUT2D eigenvalue weighted by molar-refractivity contribution is 0.298. The van der Waals surface area contributed by atoms with Crippen LogP contribution in [0.2, 0.25) is 0 Å². The smallest absolute Gasteiger partial charge is 0.161 e. The first-order valence-electron chi connectivity index (χ1n) is 7.30. The van der Waals surface area contributed by atoms with Crippen LogP contribution in [0, 0.1) is 0 Å². The molecule has 21 heavy (non-hydrogen) atoms. The van der Waals surface area contributed by atoms with Gasteiger partial charge in [-0.25, -0.2) is 0 Å². The zero-order valence-corrected chi connectivity index (χ0v) is 13.5. The van der Waals surface area contributed by atoms with E-state index in [1.807, 2.05) is 12.1 Å². The van der Waals surface area contributed by atoms with Crippen molar-refractivity contribution in [1.82, 2.24) is 0 Å². The molecule has 0 bridgehead atoms. The minimum atomic E-state index is 0.195. The van der Waals surface area contributed by atoms with Crippen LogP contribution in [-0.2, 0) is 12.8 Å². The van der Waals surface area contributed by atoms with Gasteiger partial charge in [0.05, 0.1) is 13.7 Å². The molecule has 4 heteroatoms. The van der Waals surface area contributed by atoms with E-state index in [0.29, 0.717) is 6.61 Å². The van der Waals surface area contributed by atoms with Crippen LogP contribution in [0.15, 0.2) is 35.7 Å². The van der Waals surface area contributed by atoms with Crippen molar-refractivity contribution in [3.05, 3.63) is 46.2 Å². The third-order valence-corrected chi connectivity index (χ3v) is 4.37. The second-order valence-corrected chi connectivity index (χ2v) is 6.07. The molecule has 1 atom stereocenters. The quantitative estimate of drug-likeness (QED) is 0.809. The Labute approximate surface area is 130 Å². The second kappa shape index (κ2) is 8.05. The first kappa shape index (κ1) is 15.9. The van der Waals surface area contributed by atoms with E-state index in [4.69, 9.17) is 15.2 Å². The van der Waals surface area contributed by atoms with Gasteiger partial charge < -0.3 is 15.2 Å². The van der Waals surface area contributed by atoms with E-state index in [2.05, 4.69) is 30.5 Å². The molecule has 0 spiro atoms. The van der Waals surface area contributed by atoms with Gasteiger partial charge in [0.1, 0.15) is 0 Å². The number of methoxy groups -OCH3 is 1. The van der Waals surface area contributed by atoms with Crippen LogP contribution in [-0.4, -0.2) is 19.8 Å². The van der Waals surface area contributed by atoms with Crippen LogP contribution < -0.4 is 15.2 Å². The maximum absolute atomic E-state index is 6.00. The highest BCUT2D eigenvalue weighted by molar-refractivity contribution is 7.09. The molecule has 3 nitrogen and oxygen atoms in total. The molecule has 1 unspecified atom stereocenters. The van der Waals surface area contributed by atoms with E-state index >= 15 is 0 Å². The summed E-state index contributed by atoms with van der Waals surface area (Å²) in [5.74, 6) is 1.57. The Morgan fingerprint density at radius 3 is 2.76 bits per heavy atom. The molecule has 0 aliphatic carbocycles. The number of hydrogen-bond donors (Lipinski definition) is 1. The van der Waals surface area contributed by atoms with Gasteiger partial charge in [0.25, 0.3) is 0 Å². The fourth-order valence-electron chi connectivity index (χ4n) is 2.12. The van der Waals surface area contributed by atoms with Gasteiger partial charge in [-0.2, -0.15) is 0 Å². The van der Waals surface area contributed by atoms with Crippen molar-refractivity contribution in [2.24, 2.45) is 5.73 Å². The number of hydrogen-bond acceptors (Lipinski definition) is 4. The lowest BCUT2D eigenvalue weighted by Crippen LogP contribution is -2.21. The Morgan fingerprint density at radius 1 is 1.24 bits per heavy atom. The first-order chi connectivity index (χ1) is 10.2. The van der Waals surface area contributed by atoms with E-state index in [0.717, 1.165) is 30.8 Å². The lowest BCUT2D eigenvalue weighted by atomic mass is 10.0. The number of thiophene rings is 1. The van der Waals surface area contributed by atoms with Crippen LogP contribution >= 0.6 is 11.3 Å². The van der Waals surface area contributed by atoms with E-state index in [1.165, 1.54) is 10.4 Å². The maximum Gasteiger partial charge on any atom is 0.161 e. The van der Waals surface area contributed by atoms with Crippen LogP contribution in [0.3, 0.4) is 0 Å². The monoisotopic (exact) mass is 305 g/mol. The zero-order chi connectivity index (χ0) is 15.1. The van der Waals surface area contributed by atoms with Gasteiger partial charge in [-0.1, -0.05) is 19.1 Å². The molecule has 0 aliphatic heterocycles. The molecule has 0 radical (unpaired) electrons. The van der Waals surface area contributed by atoms with Gasteiger partial charge in [0, 0.05) is 17.3 Å².